The molecule has 2 aromatic rings. The van der Waals surface area contributed by atoms with Gasteiger partial charge in [0.05, 0.1) is 5.56 Å². The molecule has 0 radical (unpaired) electrons. The average Bonchev–Trinajstić information content (AvgIpc) is 2.81. The van der Waals surface area contributed by atoms with Crippen molar-refractivity contribution in [2.75, 3.05) is 37.3 Å². The maximum Gasteiger partial charge on any atom is 0.147 e. The number of aromatic nitrogens is 2. The molecule has 1 aliphatic heterocycles. The van der Waals surface area contributed by atoms with Crippen LogP contribution in [0.3, 0.4) is 0 Å². The van der Waals surface area contributed by atoms with E-state index < -0.39 is 0 Å². The average molecular weight is 289 g/mol. The number of anilines is 2. The van der Waals surface area contributed by atoms with Crippen LogP contribution in [0.25, 0.3) is 11.1 Å². The number of likely N-dealkylation sites (N-methyl/N-ethyl adjacent to an activating group) is 1. The second kappa shape index (κ2) is 5.38. The third-order valence-electron chi connectivity index (χ3n) is 3.74. The summed E-state index contributed by atoms with van der Waals surface area (Å²) in [7, 11) is 2.16. The van der Waals surface area contributed by atoms with Crippen LogP contribution in [-0.2, 0) is 0 Å². The molecule has 106 valence electrons. The summed E-state index contributed by atoms with van der Waals surface area (Å²) in [6, 6.07) is 4.44. The van der Waals surface area contributed by atoms with Crippen LogP contribution in [0.2, 0.25) is 0 Å². The fraction of sp³-hybridized carbons (Fsp3) is 0.429. The predicted molar refractivity (Wildman–Crippen MR) is 84.1 cm³/mol. The number of hydrogen-bond acceptors (Lipinski definition) is 6. The van der Waals surface area contributed by atoms with Gasteiger partial charge in [0, 0.05) is 43.6 Å². The van der Waals surface area contributed by atoms with E-state index in [0.717, 1.165) is 35.8 Å². The quantitative estimate of drug-likeness (QED) is 0.915. The van der Waals surface area contributed by atoms with E-state index in [2.05, 4.69) is 33.1 Å². The lowest BCUT2D eigenvalue weighted by atomic mass is 10.1. The van der Waals surface area contributed by atoms with Gasteiger partial charge in [-0.05, 0) is 31.6 Å². The van der Waals surface area contributed by atoms with E-state index in [9.17, 15) is 0 Å². The fourth-order valence-electron chi connectivity index (χ4n) is 2.71. The molecule has 0 aliphatic carbocycles. The first kappa shape index (κ1) is 13.3. The van der Waals surface area contributed by atoms with E-state index in [1.807, 2.05) is 18.3 Å². The molecule has 0 spiro atoms. The minimum absolute atomic E-state index is 0.462. The molecule has 3 heterocycles. The predicted octanol–water partition coefficient (Wildman–Crippen LogP) is 1.93. The summed E-state index contributed by atoms with van der Waals surface area (Å²) in [4.78, 5) is 8.96. The van der Waals surface area contributed by atoms with Crippen molar-refractivity contribution in [1.29, 1.82) is 0 Å². The van der Waals surface area contributed by atoms with Crippen LogP contribution in [0, 0.1) is 0 Å². The first-order valence-corrected chi connectivity index (χ1v) is 7.55. The minimum atomic E-state index is 0.462. The third kappa shape index (κ3) is 2.36. The molecule has 1 fully saturated rings. The molecule has 6 heteroatoms. The van der Waals surface area contributed by atoms with Gasteiger partial charge in [-0.1, -0.05) is 6.07 Å². The summed E-state index contributed by atoms with van der Waals surface area (Å²) >= 11 is 1.49. The van der Waals surface area contributed by atoms with Gasteiger partial charge in [-0.2, -0.15) is 4.37 Å². The van der Waals surface area contributed by atoms with E-state index in [1.54, 1.807) is 6.20 Å². The molecule has 20 heavy (non-hydrogen) atoms. The largest absolute Gasteiger partial charge is 0.382 e. The molecule has 0 amide bonds. The third-order valence-corrected chi connectivity index (χ3v) is 4.64. The zero-order chi connectivity index (χ0) is 14.1. The van der Waals surface area contributed by atoms with Crippen molar-refractivity contribution < 1.29 is 0 Å². The highest BCUT2D eigenvalue weighted by molar-refractivity contribution is 7.11. The molecule has 5 nitrogen and oxygen atoms in total. The van der Waals surface area contributed by atoms with Crippen molar-refractivity contribution >= 4 is 22.4 Å². The molecule has 1 aliphatic rings. The molecule has 2 N–H and O–H groups in total. The molecule has 3 rings (SSSR count). The zero-order valence-corrected chi connectivity index (χ0v) is 12.6. The summed E-state index contributed by atoms with van der Waals surface area (Å²) in [5, 5.41) is 1.16. The monoisotopic (exact) mass is 289 g/mol. The normalized spacial score (nSPS) is 20.3. The van der Waals surface area contributed by atoms with Crippen molar-refractivity contribution in [1.82, 2.24) is 14.3 Å². The lowest BCUT2D eigenvalue weighted by Crippen LogP contribution is -2.50. The maximum atomic E-state index is 6.09. The summed E-state index contributed by atoms with van der Waals surface area (Å²) < 4.78 is 4.36. The van der Waals surface area contributed by atoms with E-state index in [-0.39, 0.29) is 0 Å². The smallest absolute Gasteiger partial charge is 0.147 e. The molecule has 0 aromatic carbocycles. The van der Waals surface area contributed by atoms with Crippen LogP contribution in [0.5, 0.6) is 0 Å². The number of piperazine rings is 1. The highest BCUT2D eigenvalue weighted by atomic mass is 32.1. The van der Waals surface area contributed by atoms with Gasteiger partial charge >= 0.3 is 0 Å². The second-order valence-corrected chi connectivity index (χ2v) is 6.05. The van der Waals surface area contributed by atoms with Crippen molar-refractivity contribution in [3.05, 3.63) is 24.5 Å². The Labute approximate surface area is 123 Å². The van der Waals surface area contributed by atoms with E-state index >= 15 is 0 Å². The SMILES string of the molecule is CC1CN(C)CCN1c1snc(N)c1-c1cccnc1. The van der Waals surface area contributed by atoms with Crippen LogP contribution < -0.4 is 10.6 Å². The Balaban J connectivity index is 1.99. The topological polar surface area (TPSA) is 58.3 Å². The van der Waals surface area contributed by atoms with Crippen LogP contribution in [-0.4, -0.2) is 47.0 Å². The van der Waals surface area contributed by atoms with Gasteiger partial charge in [0.2, 0.25) is 0 Å². The van der Waals surface area contributed by atoms with E-state index in [0.29, 0.717) is 11.9 Å². The molecule has 0 saturated carbocycles. The second-order valence-electron chi connectivity index (χ2n) is 5.29. The van der Waals surface area contributed by atoms with Crippen molar-refractivity contribution in [3.8, 4) is 11.1 Å². The summed E-state index contributed by atoms with van der Waals surface area (Å²) in [5.41, 5.74) is 8.16. The number of rotatable bonds is 2. The van der Waals surface area contributed by atoms with Gasteiger partial charge in [-0.15, -0.1) is 0 Å². The number of nitrogens with two attached hydrogens (primary N) is 1. The first-order chi connectivity index (χ1) is 9.66. The van der Waals surface area contributed by atoms with Crippen LogP contribution >= 0.6 is 11.5 Å². The van der Waals surface area contributed by atoms with Gasteiger partial charge in [0.25, 0.3) is 0 Å². The first-order valence-electron chi connectivity index (χ1n) is 6.77. The van der Waals surface area contributed by atoms with Crippen molar-refractivity contribution in [2.45, 2.75) is 13.0 Å². The number of nitrogen functional groups attached to an aromatic ring is 1. The molecule has 1 saturated heterocycles. The van der Waals surface area contributed by atoms with Gasteiger partial charge in [-0.25, -0.2) is 0 Å². The molecule has 0 bridgehead atoms. The molecular weight excluding hydrogens is 270 g/mol. The van der Waals surface area contributed by atoms with Gasteiger partial charge in [0.15, 0.2) is 0 Å². The highest BCUT2D eigenvalue weighted by Crippen LogP contribution is 2.40. The van der Waals surface area contributed by atoms with E-state index in [4.69, 9.17) is 5.73 Å². The van der Waals surface area contributed by atoms with Crippen molar-refractivity contribution in [3.63, 3.8) is 0 Å². The zero-order valence-electron chi connectivity index (χ0n) is 11.8. The molecule has 1 atom stereocenters. The Morgan fingerprint density at radius 3 is 2.95 bits per heavy atom. The Bertz CT molecular complexity index is 583. The Hall–Kier alpha value is -1.66. The number of nitrogens with zero attached hydrogens (tertiary/aromatic N) is 4. The van der Waals surface area contributed by atoms with Gasteiger partial charge < -0.3 is 15.5 Å². The molecule has 1 unspecified atom stereocenters. The Morgan fingerprint density at radius 1 is 1.40 bits per heavy atom. The van der Waals surface area contributed by atoms with Crippen LogP contribution in [0.4, 0.5) is 10.8 Å². The summed E-state index contributed by atoms with van der Waals surface area (Å²) in [5.74, 6) is 0.601. The van der Waals surface area contributed by atoms with Crippen LogP contribution in [0.1, 0.15) is 6.92 Å². The number of pyridine rings is 1. The fourth-order valence-corrected chi connectivity index (χ4v) is 3.68. The van der Waals surface area contributed by atoms with Crippen molar-refractivity contribution in [2.24, 2.45) is 0 Å². The van der Waals surface area contributed by atoms with Crippen LogP contribution in [0.15, 0.2) is 24.5 Å². The maximum absolute atomic E-state index is 6.09. The lowest BCUT2D eigenvalue weighted by molar-refractivity contribution is 0.276. The molecular formula is C14H19N5S. The Kier molecular flexibility index (Phi) is 3.58. The van der Waals surface area contributed by atoms with E-state index in [1.165, 1.54) is 11.5 Å². The van der Waals surface area contributed by atoms with Gasteiger partial charge in [0.1, 0.15) is 10.8 Å². The van der Waals surface area contributed by atoms with Gasteiger partial charge in [-0.3, -0.25) is 4.98 Å². The summed E-state index contributed by atoms with van der Waals surface area (Å²) in [6.07, 6.45) is 3.63. The highest BCUT2D eigenvalue weighted by Gasteiger charge is 2.27. The standard InChI is InChI=1S/C14H19N5S/c1-10-9-18(2)6-7-19(10)14-12(13(15)17-20-14)11-4-3-5-16-8-11/h3-5,8,10H,6-7,9H2,1-2H3,(H2,15,17). The number of hydrogen-bond donors (Lipinski definition) is 1. The minimum Gasteiger partial charge on any atom is -0.382 e. The Morgan fingerprint density at radius 2 is 2.25 bits per heavy atom. The molecule has 2 aromatic heterocycles. The lowest BCUT2D eigenvalue weighted by Gasteiger charge is -2.39. The summed E-state index contributed by atoms with van der Waals surface area (Å²) in [6.45, 7) is 5.38.